The quantitative estimate of drug-likeness (QED) is 0.258. The highest BCUT2D eigenvalue weighted by molar-refractivity contribution is 8.00. The van der Waals surface area contributed by atoms with E-state index in [1.165, 1.54) is 24.4 Å². The lowest BCUT2D eigenvalue weighted by atomic mass is 10.3. The Morgan fingerprint density at radius 3 is 2.76 bits per heavy atom. The van der Waals surface area contributed by atoms with Gasteiger partial charge in [0.05, 0.1) is 21.3 Å². The molecule has 1 heterocycles. The predicted molar refractivity (Wildman–Crippen MR) is 92.7 cm³/mol. The molecule has 8 nitrogen and oxygen atoms in total. The number of anilines is 1. The Labute approximate surface area is 151 Å². The summed E-state index contributed by atoms with van der Waals surface area (Å²) in [5, 5.41) is 13.5. The van der Waals surface area contributed by atoms with Gasteiger partial charge in [-0.25, -0.2) is 4.98 Å². The van der Waals surface area contributed by atoms with Gasteiger partial charge in [-0.15, -0.1) is 11.8 Å². The van der Waals surface area contributed by atoms with E-state index in [9.17, 15) is 19.7 Å². The van der Waals surface area contributed by atoms with Gasteiger partial charge >= 0.3 is 5.97 Å². The number of halogens is 1. The van der Waals surface area contributed by atoms with Crippen LogP contribution < -0.4 is 5.32 Å². The minimum atomic E-state index is -0.671. The number of hydrogen-bond donors (Lipinski definition) is 1. The average molecular weight is 382 g/mol. The van der Waals surface area contributed by atoms with Gasteiger partial charge in [-0.3, -0.25) is 19.7 Å². The molecule has 0 atom stereocenters. The Morgan fingerprint density at radius 1 is 1.28 bits per heavy atom. The van der Waals surface area contributed by atoms with Crippen molar-refractivity contribution in [2.75, 3.05) is 17.7 Å². The van der Waals surface area contributed by atoms with Crippen LogP contribution in [0, 0.1) is 10.1 Å². The lowest BCUT2D eigenvalue weighted by Gasteiger charge is -2.07. The second-order valence-electron chi connectivity index (χ2n) is 4.56. The minimum Gasteiger partial charge on any atom is -0.455 e. The fourth-order valence-electron chi connectivity index (χ4n) is 1.72. The number of para-hydroxylation sites is 1. The molecular weight excluding hydrogens is 370 g/mol. The highest BCUT2D eigenvalue weighted by Crippen LogP contribution is 2.28. The first kappa shape index (κ1) is 18.7. The van der Waals surface area contributed by atoms with Gasteiger partial charge < -0.3 is 10.1 Å². The van der Waals surface area contributed by atoms with Crippen LogP contribution in [0.15, 0.2) is 47.5 Å². The average Bonchev–Trinajstić information content (AvgIpc) is 2.60. The van der Waals surface area contributed by atoms with Crippen LogP contribution in [0.1, 0.15) is 0 Å². The third-order valence-electron chi connectivity index (χ3n) is 2.80. The number of thioether (sulfide) groups is 1. The first-order valence-electron chi connectivity index (χ1n) is 6.89. The molecule has 0 bridgehead atoms. The van der Waals surface area contributed by atoms with Gasteiger partial charge in [0.15, 0.2) is 11.8 Å². The lowest BCUT2D eigenvalue weighted by Crippen LogP contribution is -2.21. The molecule has 2 rings (SSSR count). The van der Waals surface area contributed by atoms with E-state index in [4.69, 9.17) is 16.3 Å². The van der Waals surface area contributed by atoms with Crippen molar-refractivity contribution in [3.8, 4) is 0 Å². The monoisotopic (exact) mass is 381 g/mol. The summed E-state index contributed by atoms with van der Waals surface area (Å²) in [7, 11) is 0. The molecule has 0 aliphatic heterocycles. The zero-order valence-electron chi connectivity index (χ0n) is 12.7. The van der Waals surface area contributed by atoms with Crippen LogP contribution in [0.3, 0.4) is 0 Å². The first-order valence-corrected chi connectivity index (χ1v) is 8.26. The molecule has 2 aromatic rings. The lowest BCUT2D eigenvalue weighted by molar-refractivity contribution is -0.387. The number of carbonyl (C=O) groups is 2. The Kier molecular flexibility index (Phi) is 6.72. The number of hydrogen-bond acceptors (Lipinski definition) is 7. The van der Waals surface area contributed by atoms with E-state index in [-0.39, 0.29) is 16.6 Å². The zero-order valence-corrected chi connectivity index (χ0v) is 14.2. The summed E-state index contributed by atoms with van der Waals surface area (Å²) in [6.45, 7) is -0.499. The molecule has 0 radical (unpaired) electrons. The van der Waals surface area contributed by atoms with Crippen LogP contribution in [0.2, 0.25) is 5.15 Å². The summed E-state index contributed by atoms with van der Waals surface area (Å²) in [5.74, 6) is -1.40. The maximum absolute atomic E-state index is 11.7. The van der Waals surface area contributed by atoms with E-state index < -0.39 is 23.4 Å². The van der Waals surface area contributed by atoms with Gasteiger partial charge in [0, 0.05) is 12.3 Å². The number of nitro benzene ring substituents is 1. The van der Waals surface area contributed by atoms with Crippen molar-refractivity contribution in [3.05, 3.63) is 57.9 Å². The third-order valence-corrected chi connectivity index (χ3v) is 4.14. The fraction of sp³-hybridized carbons (Fsp3) is 0.133. The molecule has 130 valence electrons. The van der Waals surface area contributed by atoms with Crippen molar-refractivity contribution < 1.29 is 19.2 Å². The molecule has 0 fully saturated rings. The van der Waals surface area contributed by atoms with Crippen LogP contribution in [0.5, 0.6) is 0 Å². The van der Waals surface area contributed by atoms with E-state index in [0.29, 0.717) is 10.6 Å². The summed E-state index contributed by atoms with van der Waals surface area (Å²) >= 11 is 6.76. The van der Waals surface area contributed by atoms with Crippen molar-refractivity contribution >= 4 is 46.6 Å². The van der Waals surface area contributed by atoms with E-state index in [2.05, 4.69) is 10.3 Å². The summed E-state index contributed by atoms with van der Waals surface area (Å²) in [6.07, 6.45) is 1.47. The summed E-state index contributed by atoms with van der Waals surface area (Å²) in [4.78, 5) is 37.9. The number of benzene rings is 1. The number of ether oxygens (including phenoxy) is 1. The molecule has 0 spiro atoms. The van der Waals surface area contributed by atoms with Crippen molar-refractivity contribution in [3.63, 3.8) is 0 Å². The highest BCUT2D eigenvalue weighted by Gasteiger charge is 2.15. The number of nitrogens with one attached hydrogen (secondary N) is 1. The maximum atomic E-state index is 11.7. The minimum absolute atomic E-state index is 0.0933. The molecule has 1 N–H and O–H groups in total. The Balaban J connectivity index is 1.80. The highest BCUT2D eigenvalue weighted by atomic mass is 35.5. The summed E-state index contributed by atoms with van der Waals surface area (Å²) < 4.78 is 4.83. The van der Waals surface area contributed by atoms with Gasteiger partial charge in [-0.1, -0.05) is 23.7 Å². The molecule has 0 aliphatic carbocycles. The summed E-state index contributed by atoms with van der Waals surface area (Å²) in [6, 6.07) is 9.20. The number of aromatic nitrogens is 1. The van der Waals surface area contributed by atoms with E-state index >= 15 is 0 Å². The van der Waals surface area contributed by atoms with Crippen molar-refractivity contribution in [2.24, 2.45) is 0 Å². The molecule has 0 saturated carbocycles. The number of esters is 1. The topological polar surface area (TPSA) is 111 Å². The Bertz CT molecular complexity index is 802. The number of carbonyl (C=O) groups excluding carboxylic acids is 2. The zero-order chi connectivity index (χ0) is 18.2. The second-order valence-corrected chi connectivity index (χ2v) is 5.94. The standard InChI is InChI=1S/C15H12ClN3O5S/c16-15-10(4-3-7-17-15)18-13(20)8-24-14(21)9-25-12-6-2-1-5-11(12)19(22)23/h1-7H,8-9H2,(H,18,20). The number of amides is 1. The van der Waals surface area contributed by atoms with Gasteiger partial charge in [0.2, 0.25) is 0 Å². The predicted octanol–water partition coefficient (Wildman–Crippen LogP) is 2.92. The van der Waals surface area contributed by atoms with Crippen LogP contribution in [0.25, 0.3) is 0 Å². The van der Waals surface area contributed by atoms with Crippen molar-refractivity contribution in [1.82, 2.24) is 4.98 Å². The van der Waals surface area contributed by atoms with Crippen molar-refractivity contribution in [1.29, 1.82) is 0 Å². The molecule has 10 heteroatoms. The molecule has 1 aromatic carbocycles. The number of rotatable bonds is 7. The fourth-order valence-corrected chi connectivity index (χ4v) is 2.71. The van der Waals surface area contributed by atoms with E-state index in [1.54, 1.807) is 18.2 Å². The normalized spacial score (nSPS) is 10.1. The number of pyridine rings is 1. The van der Waals surface area contributed by atoms with E-state index in [0.717, 1.165) is 11.8 Å². The molecule has 0 saturated heterocycles. The first-order chi connectivity index (χ1) is 12.0. The van der Waals surface area contributed by atoms with Crippen molar-refractivity contribution in [2.45, 2.75) is 4.90 Å². The van der Waals surface area contributed by atoms with Crippen LogP contribution in [-0.2, 0) is 14.3 Å². The molecule has 0 unspecified atom stereocenters. The smallest absolute Gasteiger partial charge is 0.316 e. The maximum Gasteiger partial charge on any atom is 0.316 e. The van der Waals surface area contributed by atoms with Crippen LogP contribution in [0.4, 0.5) is 11.4 Å². The molecular formula is C15H12ClN3O5S. The third kappa shape index (κ3) is 5.73. The van der Waals surface area contributed by atoms with Gasteiger partial charge in [0.1, 0.15) is 0 Å². The van der Waals surface area contributed by atoms with Gasteiger partial charge in [0.25, 0.3) is 11.6 Å². The number of nitro groups is 1. The van der Waals surface area contributed by atoms with Crippen LogP contribution >= 0.6 is 23.4 Å². The molecule has 0 aliphatic rings. The second kappa shape index (κ2) is 9.00. The van der Waals surface area contributed by atoms with Gasteiger partial charge in [-0.2, -0.15) is 0 Å². The summed E-state index contributed by atoms with van der Waals surface area (Å²) in [5.41, 5.74) is 0.212. The molecule has 1 aromatic heterocycles. The van der Waals surface area contributed by atoms with Crippen LogP contribution in [-0.4, -0.2) is 34.1 Å². The Hall–Kier alpha value is -2.65. The molecule has 25 heavy (non-hydrogen) atoms. The van der Waals surface area contributed by atoms with Gasteiger partial charge in [-0.05, 0) is 18.2 Å². The Morgan fingerprint density at radius 2 is 2.04 bits per heavy atom. The van der Waals surface area contributed by atoms with E-state index in [1.807, 2.05) is 0 Å². The number of nitrogens with zero attached hydrogens (tertiary/aromatic N) is 2. The largest absolute Gasteiger partial charge is 0.455 e. The molecule has 1 amide bonds. The SMILES string of the molecule is O=C(COC(=O)CSc1ccccc1[N+](=O)[O-])Nc1cccnc1Cl.